The average molecular weight is 224 g/mol. The van der Waals surface area contributed by atoms with Crippen LogP contribution in [0.25, 0.3) is 0 Å². The quantitative estimate of drug-likeness (QED) is 0.477. The summed E-state index contributed by atoms with van der Waals surface area (Å²) in [5.74, 6) is -0.594. The van der Waals surface area contributed by atoms with Gasteiger partial charge in [-0.3, -0.25) is 4.79 Å². The standard InChI is InChI=1S/C8H14ClNO4/c1-14-8(13)6(11)5-10-7(12)3-2-4-9/h6,11H,2-5H2,1H3,(H,10,12). The van der Waals surface area contributed by atoms with Gasteiger partial charge in [0.25, 0.3) is 0 Å². The highest BCUT2D eigenvalue weighted by Crippen LogP contribution is 1.92. The van der Waals surface area contributed by atoms with E-state index in [1.165, 1.54) is 7.11 Å². The van der Waals surface area contributed by atoms with Gasteiger partial charge in [0.15, 0.2) is 6.10 Å². The number of aliphatic hydroxyl groups is 1. The van der Waals surface area contributed by atoms with Gasteiger partial charge in [-0.15, -0.1) is 11.6 Å². The molecule has 0 spiro atoms. The van der Waals surface area contributed by atoms with Crippen LogP contribution in [-0.4, -0.2) is 42.6 Å². The number of halogens is 1. The first-order valence-electron chi connectivity index (χ1n) is 4.20. The van der Waals surface area contributed by atoms with E-state index in [2.05, 4.69) is 10.1 Å². The highest BCUT2D eigenvalue weighted by Gasteiger charge is 2.15. The van der Waals surface area contributed by atoms with Crippen molar-refractivity contribution >= 4 is 23.5 Å². The van der Waals surface area contributed by atoms with Gasteiger partial charge in [-0.1, -0.05) is 0 Å². The predicted octanol–water partition coefficient (Wildman–Crippen LogP) is -0.345. The van der Waals surface area contributed by atoms with E-state index in [0.29, 0.717) is 12.3 Å². The fourth-order valence-corrected chi connectivity index (χ4v) is 0.879. The van der Waals surface area contributed by atoms with E-state index in [0.717, 1.165) is 0 Å². The summed E-state index contributed by atoms with van der Waals surface area (Å²) in [6.45, 7) is -0.131. The summed E-state index contributed by atoms with van der Waals surface area (Å²) >= 11 is 5.38. The Labute approximate surface area is 87.4 Å². The zero-order valence-electron chi connectivity index (χ0n) is 7.96. The van der Waals surface area contributed by atoms with E-state index in [1.54, 1.807) is 0 Å². The largest absolute Gasteiger partial charge is 0.467 e. The van der Waals surface area contributed by atoms with Crippen LogP contribution in [0.1, 0.15) is 12.8 Å². The van der Waals surface area contributed by atoms with Crippen molar-refractivity contribution in [3.05, 3.63) is 0 Å². The van der Waals surface area contributed by atoms with Gasteiger partial charge in [0.2, 0.25) is 5.91 Å². The van der Waals surface area contributed by atoms with Crippen molar-refractivity contribution in [3.8, 4) is 0 Å². The Kier molecular flexibility index (Phi) is 7.14. The van der Waals surface area contributed by atoms with Gasteiger partial charge in [-0.05, 0) is 6.42 Å². The van der Waals surface area contributed by atoms with Crippen molar-refractivity contribution < 1.29 is 19.4 Å². The fourth-order valence-electron chi connectivity index (χ4n) is 0.746. The lowest BCUT2D eigenvalue weighted by molar-refractivity contribution is -0.150. The molecular formula is C8H14ClNO4. The van der Waals surface area contributed by atoms with Crippen LogP contribution < -0.4 is 5.32 Å². The summed E-state index contributed by atoms with van der Waals surface area (Å²) in [5.41, 5.74) is 0. The van der Waals surface area contributed by atoms with Crippen molar-refractivity contribution in [1.82, 2.24) is 5.32 Å². The third kappa shape index (κ3) is 5.77. The Bertz CT molecular complexity index is 198. The number of nitrogens with one attached hydrogen (secondary N) is 1. The Morgan fingerprint density at radius 3 is 2.71 bits per heavy atom. The monoisotopic (exact) mass is 223 g/mol. The molecule has 0 aliphatic heterocycles. The lowest BCUT2D eigenvalue weighted by Crippen LogP contribution is -2.37. The Hall–Kier alpha value is -0.810. The molecule has 0 heterocycles. The van der Waals surface area contributed by atoms with Crippen LogP contribution in [0, 0.1) is 0 Å². The third-order valence-corrected chi connectivity index (χ3v) is 1.77. The first kappa shape index (κ1) is 13.2. The fraction of sp³-hybridized carbons (Fsp3) is 0.750. The Balaban J connectivity index is 3.60. The first-order valence-corrected chi connectivity index (χ1v) is 4.73. The number of hydrogen-bond acceptors (Lipinski definition) is 4. The minimum atomic E-state index is -1.31. The minimum Gasteiger partial charge on any atom is -0.467 e. The van der Waals surface area contributed by atoms with Gasteiger partial charge in [0.1, 0.15) is 0 Å². The topological polar surface area (TPSA) is 75.6 Å². The molecule has 82 valence electrons. The number of rotatable bonds is 6. The number of aliphatic hydroxyl groups excluding tert-OH is 1. The molecular weight excluding hydrogens is 210 g/mol. The lowest BCUT2D eigenvalue weighted by atomic mass is 10.3. The molecule has 14 heavy (non-hydrogen) atoms. The Morgan fingerprint density at radius 2 is 2.21 bits per heavy atom. The maximum absolute atomic E-state index is 11.0. The molecule has 2 N–H and O–H groups in total. The summed E-state index contributed by atoms with van der Waals surface area (Å²) in [6, 6.07) is 0. The summed E-state index contributed by atoms with van der Waals surface area (Å²) < 4.78 is 4.26. The van der Waals surface area contributed by atoms with E-state index < -0.39 is 12.1 Å². The number of carbonyl (C=O) groups excluding carboxylic acids is 2. The predicted molar refractivity (Wildman–Crippen MR) is 51.0 cm³/mol. The number of hydrogen-bond donors (Lipinski definition) is 2. The zero-order chi connectivity index (χ0) is 11.0. The second-order valence-corrected chi connectivity index (χ2v) is 3.01. The molecule has 0 aliphatic carbocycles. The summed E-state index contributed by atoms with van der Waals surface area (Å²) in [7, 11) is 1.17. The van der Waals surface area contributed by atoms with Crippen LogP contribution in [-0.2, 0) is 14.3 Å². The van der Waals surface area contributed by atoms with Crippen LogP contribution in [0.15, 0.2) is 0 Å². The van der Waals surface area contributed by atoms with Crippen LogP contribution in [0.5, 0.6) is 0 Å². The summed E-state index contributed by atoms with van der Waals surface area (Å²) in [6.07, 6.45) is -0.445. The number of amides is 1. The molecule has 0 aliphatic rings. The Morgan fingerprint density at radius 1 is 1.57 bits per heavy atom. The minimum absolute atomic E-state index is 0.131. The van der Waals surface area contributed by atoms with Gasteiger partial charge >= 0.3 is 5.97 Å². The molecule has 0 aromatic rings. The van der Waals surface area contributed by atoms with Crippen molar-refractivity contribution in [2.24, 2.45) is 0 Å². The molecule has 0 saturated carbocycles. The molecule has 6 heteroatoms. The third-order valence-electron chi connectivity index (χ3n) is 1.50. The highest BCUT2D eigenvalue weighted by atomic mass is 35.5. The van der Waals surface area contributed by atoms with Gasteiger partial charge in [0.05, 0.1) is 13.7 Å². The van der Waals surface area contributed by atoms with E-state index in [-0.39, 0.29) is 18.9 Å². The number of ether oxygens (including phenoxy) is 1. The molecule has 0 rings (SSSR count). The van der Waals surface area contributed by atoms with Gasteiger partial charge in [-0.2, -0.15) is 0 Å². The normalized spacial score (nSPS) is 11.9. The molecule has 0 fully saturated rings. The smallest absolute Gasteiger partial charge is 0.336 e. The van der Waals surface area contributed by atoms with Crippen LogP contribution in [0.2, 0.25) is 0 Å². The van der Waals surface area contributed by atoms with E-state index >= 15 is 0 Å². The number of esters is 1. The van der Waals surface area contributed by atoms with Gasteiger partial charge < -0.3 is 15.2 Å². The van der Waals surface area contributed by atoms with E-state index in [9.17, 15) is 9.59 Å². The molecule has 0 aromatic carbocycles. The second kappa shape index (κ2) is 7.58. The molecule has 0 radical (unpaired) electrons. The van der Waals surface area contributed by atoms with Crippen molar-refractivity contribution in [2.75, 3.05) is 19.5 Å². The van der Waals surface area contributed by atoms with Crippen molar-refractivity contribution in [1.29, 1.82) is 0 Å². The van der Waals surface area contributed by atoms with E-state index in [4.69, 9.17) is 16.7 Å². The summed E-state index contributed by atoms with van der Waals surface area (Å²) in [4.78, 5) is 21.7. The summed E-state index contributed by atoms with van der Waals surface area (Å²) in [5, 5.41) is 11.5. The maximum atomic E-state index is 11.0. The van der Waals surface area contributed by atoms with Gasteiger partial charge in [-0.25, -0.2) is 4.79 Å². The van der Waals surface area contributed by atoms with Gasteiger partial charge in [0, 0.05) is 12.3 Å². The molecule has 1 amide bonds. The molecule has 0 saturated heterocycles. The average Bonchev–Trinajstić information content (AvgIpc) is 2.21. The number of carbonyl (C=O) groups is 2. The highest BCUT2D eigenvalue weighted by molar-refractivity contribution is 6.17. The SMILES string of the molecule is COC(=O)C(O)CNC(=O)CCCCl. The van der Waals surface area contributed by atoms with Crippen LogP contribution >= 0.6 is 11.6 Å². The molecule has 1 unspecified atom stereocenters. The van der Waals surface area contributed by atoms with Crippen LogP contribution in [0.4, 0.5) is 0 Å². The van der Waals surface area contributed by atoms with E-state index in [1.807, 2.05) is 0 Å². The molecule has 5 nitrogen and oxygen atoms in total. The zero-order valence-corrected chi connectivity index (χ0v) is 8.71. The van der Waals surface area contributed by atoms with Crippen molar-refractivity contribution in [2.45, 2.75) is 18.9 Å². The molecule has 0 bridgehead atoms. The number of methoxy groups -OCH3 is 1. The maximum Gasteiger partial charge on any atom is 0.336 e. The first-order chi connectivity index (χ1) is 6.61. The lowest BCUT2D eigenvalue weighted by Gasteiger charge is -2.09. The van der Waals surface area contributed by atoms with Crippen LogP contribution in [0.3, 0.4) is 0 Å². The molecule has 1 atom stereocenters. The second-order valence-electron chi connectivity index (χ2n) is 2.64. The van der Waals surface area contributed by atoms with Crippen molar-refractivity contribution in [3.63, 3.8) is 0 Å². The molecule has 0 aromatic heterocycles. The number of alkyl halides is 1.